The summed E-state index contributed by atoms with van der Waals surface area (Å²) in [6, 6.07) is 19.7. The first kappa shape index (κ1) is 12.8. The number of aliphatic hydroxyl groups is 1. The monoisotopic (exact) mass is 298 g/mol. The summed E-state index contributed by atoms with van der Waals surface area (Å²) in [6.45, 7) is 1.35. The van der Waals surface area contributed by atoms with E-state index >= 15 is 0 Å². The molecule has 1 unspecified atom stereocenters. The Morgan fingerprint density at radius 1 is 0.909 bits per heavy atom. The van der Waals surface area contributed by atoms with Crippen LogP contribution >= 0.6 is 0 Å². The van der Waals surface area contributed by atoms with E-state index in [2.05, 4.69) is 21.9 Å². The van der Waals surface area contributed by atoms with Crippen molar-refractivity contribution in [3.8, 4) is 0 Å². The smallest absolute Gasteiger partial charge is 0.0599 e. The topological polar surface area (TPSA) is 26.7 Å². The molecular formula is C19H24N2O. The molecule has 0 saturated carbocycles. The van der Waals surface area contributed by atoms with E-state index in [0.717, 1.165) is 25.2 Å². The summed E-state index contributed by atoms with van der Waals surface area (Å²) in [4.78, 5) is 4.27. The Bertz CT molecular complexity index is 631. The zero-order chi connectivity index (χ0) is 17.0. The lowest BCUT2D eigenvalue weighted by Crippen LogP contribution is -2.53. The minimum atomic E-state index is -2.22. The highest BCUT2D eigenvalue weighted by molar-refractivity contribution is 5.16. The predicted octanol–water partition coefficient (Wildman–Crippen LogP) is 2.37. The summed E-state index contributed by atoms with van der Waals surface area (Å²) in [5.41, 5.74) is 2.36. The number of piperazine rings is 1. The highest BCUT2D eigenvalue weighted by atomic mass is 16.3. The molecule has 0 amide bonds. The van der Waals surface area contributed by atoms with E-state index in [9.17, 15) is 5.11 Å². The van der Waals surface area contributed by atoms with Gasteiger partial charge in [0.05, 0.1) is 9.30 Å². The molecule has 1 atom stereocenters. The fourth-order valence-electron chi connectivity index (χ4n) is 2.99. The van der Waals surface area contributed by atoms with Gasteiger partial charge in [0.2, 0.25) is 0 Å². The highest BCUT2D eigenvalue weighted by Crippen LogP contribution is 2.16. The lowest BCUT2D eigenvalue weighted by molar-refractivity contribution is 0.0316. The third-order valence-corrected chi connectivity index (χ3v) is 4.20. The van der Waals surface area contributed by atoms with Crippen LogP contribution in [0.25, 0.3) is 0 Å². The highest BCUT2D eigenvalue weighted by Gasteiger charge is 2.26. The Kier molecular flexibility index (Phi) is 4.40. The molecule has 3 rings (SSSR count). The molecule has 1 aliphatic heterocycles. The van der Waals surface area contributed by atoms with E-state index in [4.69, 9.17) is 2.74 Å². The number of rotatable bonds is 5. The Hall–Kier alpha value is -1.68. The maximum atomic E-state index is 10.0. The molecule has 3 heteroatoms. The van der Waals surface area contributed by atoms with Crippen LogP contribution < -0.4 is 0 Å². The van der Waals surface area contributed by atoms with Gasteiger partial charge in [-0.25, -0.2) is 0 Å². The number of benzene rings is 2. The second-order valence-corrected chi connectivity index (χ2v) is 5.82. The molecule has 2 aromatic rings. The molecule has 0 spiro atoms. The van der Waals surface area contributed by atoms with E-state index < -0.39 is 12.6 Å². The standard InChI is InChI=1S/C19H24N2O/c22-16-19-15-20(13-17-7-3-1-4-8-17)11-12-21(19)14-18-9-5-2-6-10-18/h1-10,19,22H,11-16H2/i16D2. The first-order chi connectivity index (χ1) is 11.5. The predicted molar refractivity (Wildman–Crippen MR) is 89.4 cm³/mol. The van der Waals surface area contributed by atoms with Gasteiger partial charge < -0.3 is 5.11 Å². The quantitative estimate of drug-likeness (QED) is 0.918. The van der Waals surface area contributed by atoms with Crippen molar-refractivity contribution in [2.24, 2.45) is 0 Å². The number of hydrogen-bond donors (Lipinski definition) is 1. The van der Waals surface area contributed by atoms with Crippen LogP contribution in [0, 0.1) is 0 Å². The van der Waals surface area contributed by atoms with Crippen molar-refractivity contribution in [1.82, 2.24) is 9.80 Å². The van der Waals surface area contributed by atoms with Crippen molar-refractivity contribution in [3.05, 3.63) is 71.8 Å². The third kappa shape index (κ3) is 3.95. The normalized spacial score (nSPS) is 22.1. The summed E-state index contributed by atoms with van der Waals surface area (Å²) in [5.74, 6) is 0. The Morgan fingerprint density at radius 2 is 1.50 bits per heavy atom. The maximum Gasteiger partial charge on any atom is 0.0599 e. The molecule has 116 valence electrons. The molecule has 1 N–H and O–H groups in total. The van der Waals surface area contributed by atoms with Gasteiger partial charge >= 0.3 is 0 Å². The largest absolute Gasteiger partial charge is 0.395 e. The van der Waals surface area contributed by atoms with Crippen LogP contribution in [-0.2, 0) is 13.1 Å². The van der Waals surface area contributed by atoms with Gasteiger partial charge in [0.25, 0.3) is 0 Å². The van der Waals surface area contributed by atoms with Crippen LogP contribution in [0.5, 0.6) is 0 Å². The molecule has 1 heterocycles. The molecular weight excluding hydrogens is 272 g/mol. The molecule has 0 radical (unpaired) electrons. The van der Waals surface area contributed by atoms with Crippen molar-refractivity contribution in [2.75, 3.05) is 26.2 Å². The fourth-order valence-corrected chi connectivity index (χ4v) is 2.99. The van der Waals surface area contributed by atoms with E-state index in [0.29, 0.717) is 13.1 Å². The first-order valence-corrected chi connectivity index (χ1v) is 7.79. The lowest BCUT2D eigenvalue weighted by atomic mass is 10.1. The second kappa shape index (κ2) is 7.54. The van der Waals surface area contributed by atoms with Crippen molar-refractivity contribution in [1.29, 1.82) is 0 Å². The summed E-state index contributed by atoms with van der Waals surface area (Å²) < 4.78 is 15.7. The minimum absolute atomic E-state index is 0.519. The fraction of sp³-hybridized carbons (Fsp3) is 0.368. The van der Waals surface area contributed by atoms with Crippen LogP contribution in [0.1, 0.15) is 13.9 Å². The zero-order valence-corrected chi connectivity index (χ0v) is 12.7. The van der Waals surface area contributed by atoms with Crippen LogP contribution in [-0.4, -0.2) is 47.1 Å². The van der Waals surface area contributed by atoms with E-state index in [1.54, 1.807) is 0 Å². The average Bonchev–Trinajstić information content (AvgIpc) is 2.57. The summed E-state index contributed by atoms with van der Waals surface area (Å²) in [6.07, 6.45) is 0. The van der Waals surface area contributed by atoms with Gasteiger partial charge in [-0.15, -0.1) is 0 Å². The van der Waals surface area contributed by atoms with Crippen molar-refractivity contribution in [2.45, 2.75) is 19.1 Å². The Labute approximate surface area is 135 Å². The Morgan fingerprint density at radius 3 is 2.09 bits per heavy atom. The van der Waals surface area contributed by atoms with Crippen LogP contribution in [0.3, 0.4) is 0 Å². The van der Waals surface area contributed by atoms with Gasteiger partial charge in [-0.2, -0.15) is 0 Å². The molecule has 0 bridgehead atoms. The molecule has 1 saturated heterocycles. The molecule has 0 aromatic heterocycles. The van der Waals surface area contributed by atoms with Gasteiger partial charge in [-0.05, 0) is 11.1 Å². The maximum absolute atomic E-state index is 10.0. The van der Waals surface area contributed by atoms with E-state index in [1.165, 1.54) is 5.56 Å². The molecule has 2 aromatic carbocycles. The average molecular weight is 298 g/mol. The SMILES string of the molecule is [2H]C([2H])(O)C1CN(Cc2ccccc2)CCN1Cc1ccccc1. The number of nitrogens with zero attached hydrogens (tertiary/aromatic N) is 2. The molecule has 1 fully saturated rings. The van der Waals surface area contributed by atoms with Gasteiger partial charge in [-0.3, -0.25) is 9.80 Å². The summed E-state index contributed by atoms with van der Waals surface area (Å²) >= 11 is 0. The molecule has 0 aliphatic carbocycles. The third-order valence-electron chi connectivity index (χ3n) is 4.20. The molecule has 3 nitrogen and oxygen atoms in total. The second-order valence-electron chi connectivity index (χ2n) is 5.82. The van der Waals surface area contributed by atoms with Gasteiger partial charge in [-0.1, -0.05) is 60.7 Å². The van der Waals surface area contributed by atoms with Gasteiger partial charge in [0.1, 0.15) is 0 Å². The van der Waals surface area contributed by atoms with Gasteiger partial charge in [0, 0.05) is 38.8 Å². The minimum Gasteiger partial charge on any atom is -0.395 e. The zero-order valence-electron chi connectivity index (χ0n) is 14.7. The first-order valence-electron chi connectivity index (χ1n) is 8.79. The van der Waals surface area contributed by atoms with Crippen molar-refractivity contribution >= 4 is 0 Å². The van der Waals surface area contributed by atoms with E-state index in [1.807, 2.05) is 48.5 Å². The van der Waals surface area contributed by atoms with Crippen LogP contribution in [0.2, 0.25) is 0 Å². The Balaban J connectivity index is 1.69. The molecule has 22 heavy (non-hydrogen) atoms. The van der Waals surface area contributed by atoms with Gasteiger partial charge in [0.15, 0.2) is 0 Å². The molecule has 1 aliphatic rings. The van der Waals surface area contributed by atoms with Crippen molar-refractivity contribution in [3.63, 3.8) is 0 Å². The van der Waals surface area contributed by atoms with Crippen LogP contribution in [0.15, 0.2) is 60.7 Å². The van der Waals surface area contributed by atoms with Crippen LogP contribution in [0.4, 0.5) is 0 Å². The van der Waals surface area contributed by atoms with Crippen molar-refractivity contribution < 1.29 is 7.85 Å². The summed E-state index contributed by atoms with van der Waals surface area (Å²) in [5, 5.41) is 10.0. The van der Waals surface area contributed by atoms with E-state index in [-0.39, 0.29) is 0 Å². The number of hydrogen-bond acceptors (Lipinski definition) is 3. The lowest BCUT2D eigenvalue weighted by Gasteiger charge is -2.40. The summed E-state index contributed by atoms with van der Waals surface area (Å²) in [7, 11) is 0.